The molecule has 0 aliphatic rings. The number of para-hydroxylation sites is 1. The van der Waals surface area contributed by atoms with E-state index in [2.05, 4.69) is 65.9 Å². The smallest absolute Gasteiger partial charge is 0.227 e. The molecule has 3 aromatic carbocycles. The summed E-state index contributed by atoms with van der Waals surface area (Å²) < 4.78 is 0. The van der Waals surface area contributed by atoms with E-state index in [1.807, 2.05) is 59.5 Å². The van der Waals surface area contributed by atoms with Gasteiger partial charge in [0.2, 0.25) is 5.91 Å². The second-order valence-electron chi connectivity index (χ2n) is 12.3. The molecule has 1 amide bonds. The molecule has 0 heterocycles. The van der Waals surface area contributed by atoms with Crippen LogP contribution in [0.5, 0.6) is 5.75 Å². The lowest BCUT2D eigenvalue weighted by atomic mass is 9.78. The number of phenolic OH excluding ortho intramolecular Hbond substituents is 1. The molecule has 38 heavy (non-hydrogen) atoms. The van der Waals surface area contributed by atoms with E-state index >= 15 is 0 Å². The van der Waals surface area contributed by atoms with Crippen LogP contribution in [0.25, 0.3) is 0 Å². The van der Waals surface area contributed by atoms with Crippen LogP contribution in [-0.2, 0) is 22.0 Å². The minimum absolute atomic E-state index is 0.132. The van der Waals surface area contributed by atoms with Crippen LogP contribution in [0.2, 0.25) is 0 Å². The zero-order valence-corrected chi connectivity index (χ0v) is 24.4. The van der Waals surface area contributed by atoms with Crippen molar-refractivity contribution in [2.75, 3.05) is 16.8 Å². The first kappa shape index (κ1) is 29.3. The Balaban J connectivity index is 1.80. The van der Waals surface area contributed by atoms with Crippen molar-refractivity contribution in [1.29, 1.82) is 0 Å². The zero-order valence-electron chi connectivity index (χ0n) is 24.4. The molecule has 3 aromatic rings. The minimum Gasteiger partial charge on any atom is -0.507 e. The highest BCUT2D eigenvalue weighted by Crippen LogP contribution is 2.40. The third-order valence-electron chi connectivity index (χ3n) is 6.94. The number of nitrogens with zero attached hydrogens (tertiary/aromatic N) is 1. The molecule has 0 atom stereocenters. The largest absolute Gasteiger partial charge is 0.507 e. The van der Waals surface area contributed by atoms with Gasteiger partial charge >= 0.3 is 0 Å². The summed E-state index contributed by atoms with van der Waals surface area (Å²) in [7, 11) is 0. The summed E-state index contributed by atoms with van der Waals surface area (Å²) in [5.41, 5.74) is 5.56. The Morgan fingerprint density at radius 3 is 1.89 bits per heavy atom. The van der Waals surface area contributed by atoms with E-state index in [9.17, 15) is 9.90 Å². The Hall–Kier alpha value is -3.27. The van der Waals surface area contributed by atoms with Crippen molar-refractivity contribution >= 4 is 23.0 Å². The van der Waals surface area contributed by atoms with Gasteiger partial charge in [-0.05, 0) is 76.8 Å². The monoisotopic (exact) mass is 514 g/mol. The van der Waals surface area contributed by atoms with E-state index in [-0.39, 0.29) is 16.7 Å². The van der Waals surface area contributed by atoms with Gasteiger partial charge in [0.1, 0.15) is 5.75 Å². The summed E-state index contributed by atoms with van der Waals surface area (Å²) in [6.45, 7) is 15.6. The highest BCUT2D eigenvalue weighted by Gasteiger charge is 2.27. The van der Waals surface area contributed by atoms with E-state index in [1.54, 1.807) is 0 Å². The van der Waals surface area contributed by atoms with E-state index in [0.29, 0.717) is 25.1 Å². The number of carbonyl (C=O) groups is 1. The van der Waals surface area contributed by atoms with Crippen molar-refractivity contribution < 1.29 is 9.90 Å². The maximum atomic E-state index is 13.6. The average Bonchev–Trinajstić information content (AvgIpc) is 2.86. The second-order valence-corrected chi connectivity index (χ2v) is 12.3. The topological polar surface area (TPSA) is 52.6 Å². The van der Waals surface area contributed by atoms with Crippen LogP contribution < -0.4 is 10.2 Å². The van der Waals surface area contributed by atoms with Crippen LogP contribution in [0.4, 0.5) is 17.1 Å². The van der Waals surface area contributed by atoms with Crippen molar-refractivity contribution in [3.05, 3.63) is 83.4 Å². The van der Waals surface area contributed by atoms with Crippen LogP contribution in [0.3, 0.4) is 0 Å². The average molecular weight is 515 g/mol. The number of nitrogens with one attached hydrogen (secondary N) is 1. The lowest BCUT2D eigenvalue weighted by molar-refractivity contribution is -0.118. The molecule has 4 heteroatoms. The number of anilines is 3. The third-order valence-corrected chi connectivity index (χ3v) is 6.94. The molecular weight excluding hydrogens is 468 g/mol. The van der Waals surface area contributed by atoms with Gasteiger partial charge in [-0.1, -0.05) is 91.6 Å². The minimum atomic E-state index is -0.189. The number of aryl methyl sites for hydroxylation is 1. The van der Waals surface area contributed by atoms with Gasteiger partial charge in [0.05, 0.1) is 0 Å². The Labute approximate surface area is 230 Å². The van der Waals surface area contributed by atoms with Gasteiger partial charge in [-0.25, -0.2) is 0 Å². The number of hydrogen-bond acceptors (Lipinski definition) is 3. The fourth-order valence-corrected chi connectivity index (χ4v) is 4.70. The maximum Gasteiger partial charge on any atom is 0.227 e. The van der Waals surface area contributed by atoms with Crippen molar-refractivity contribution in [1.82, 2.24) is 0 Å². The molecule has 0 fully saturated rings. The molecule has 0 bridgehead atoms. The number of benzene rings is 3. The zero-order chi connectivity index (χ0) is 27.9. The predicted octanol–water partition coefficient (Wildman–Crippen LogP) is 8.89. The van der Waals surface area contributed by atoms with Gasteiger partial charge < -0.3 is 15.3 Å². The number of hydrogen-bond donors (Lipinski definition) is 2. The van der Waals surface area contributed by atoms with Crippen LogP contribution >= 0.6 is 0 Å². The number of phenols is 1. The normalized spacial score (nSPS) is 11.9. The molecule has 2 N–H and O–H groups in total. The highest BCUT2D eigenvalue weighted by atomic mass is 16.3. The van der Waals surface area contributed by atoms with Crippen LogP contribution in [0.1, 0.15) is 90.8 Å². The number of aromatic hydroxyl groups is 1. The Bertz CT molecular complexity index is 1150. The number of carbonyl (C=O) groups excluding carboxylic acids is 1. The number of unbranched alkanes of at least 4 members (excludes halogenated alkanes) is 2. The first-order valence-corrected chi connectivity index (χ1v) is 14.0. The fourth-order valence-electron chi connectivity index (χ4n) is 4.70. The van der Waals surface area contributed by atoms with Gasteiger partial charge in [0, 0.05) is 30.0 Å². The molecular formula is C34H46N2O2. The van der Waals surface area contributed by atoms with Gasteiger partial charge in [-0.15, -0.1) is 0 Å². The molecule has 0 spiro atoms. The van der Waals surface area contributed by atoms with Gasteiger partial charge in [0.15, 0.2) is 0 Å². The van der Waals surface area contributed by atoms with Crippen LogP contribution in [0, 0.1) is 0 Å². The molecule has 0 radical (unpaired) electrons. The van der Waals surface area contributed by atoms with E-state index < -0.39 is 0 Å². The Kier molecular flexibility index (Phi) is 9.65. The molecule has 0 aromatic heterocycles. The SMILES string of the molecule is CCCCCN(C(=O)CCc1cc(C(C)(C)C)c(O)c(C(C)(C)C)c1)c1ccc(Nc2ccccc2)cc1. The molecule has 204 valence electrons. The van der Waals surface area contributed by atoms with Gasteiger partial charge in [0.25, 0.3) is 0 Å². The molecule has 0 saturated carbocycles. The first-order chi connectivity index (χ1) is 17.9. The number of rotatable bonds is 10. The summed E-state index contributed by atoms with van der Waals surface area (Å²) in [5.74, 6) is 0.512. The Morgan fingerprint density at radius 1 is 0.816 bits per heavy atom. The van der Waals surface area contributed by atoms with Gasteiger partial charge in [-0.2, -0.15) is 0 Å². The molecule has 0 unspecified atom stereocenters. The second kappa shape index (κ2) is 12.5. The quantitative estimate of drug-likeness (QED) is 0.266. The molecule has 0 saturated heterocycles. The third kappa shape index (κ3) is 7.86. The van der Waals surface area contributed by atoms with Crippen LogP contribution in [0.15, 0.2) is 66.7 Å². The predicted molar refractivity (Wildman–Crippen MR) is 162 cm³/mol. The summed E-state index contributed by atoms with van der Waals surface area (Å²) in [6, 6.07) is 22.4. The first-order valence-electron chi connectivity index (χ1n) is 14.0. The molecule has 0 aliphatic carbocycles. The van der Waals surface area contributed by atoms with Crippen molar-refractivity contribution in [2.45, 2.75) is 91.4 Å². The number of amides is 1. The summed E-state index contributed by atoms with van der Waals surface area (Å²) >= 11 is 0. The van der Waals surface area contributed by atoms with E-state index in [4.69, 9.17) is 0 Å². The van der Waals surface area contributed by atoms with E-state index in [1.165, 1.54) is 0 Å². The Morgan fingerprint density at radius 2 is 1.37 bits per heavy atom. The molecule has 3 rings (SSSR count). The summed E-state index contributed by atoms with van der Waals surface area (Å²) in [5, 5.41) is 14.5. The van der Waals surface area contributed by atoms with Crippen molar-refractivity contribution in [2.24, 2.45) is 0 Å². The van der Waals surface area contributed by atoms with Crippen molar-refractivity contribution in [3.8, 4) is 5.75 Å². The lowest BCUT2D eigenvalue weighted by Crippen LogP contribution is -2.32. The van der Waals surface area contributed by atoms with Crippen molar-refractivity contribution in [3.63, 3.8) is 0 Å². The summed E-state index contributed by atoms with van der Waals surface area (Å²) in [4.78, 5) is 15.5. The molecule has 0 aliphatic heterocycles. The fraction of sp³-hybridized carbons (Fsp3) is 0.441. The highest BCUT2D eigenvalue weighted by molar-refractivity contribution is 5.93. The summed E-state index contributed by atoms with van der Waals surface area (Å²) in [6.07, 6.45) is 4.25. The molecule has 4 nitrogen and oxygen atoms in total. The standard InChI is InChI=1S/C34H46N2O2/c1-8-9-13-22-36(28-19-17-27(18-20-28)35-26-14-11-10-12-15-26)31(37)21-16-25-23-29(33(2,3)4)32(38)30(24-25)34(5,6)7/h10-12,14-15,17-20,23-24,35,38H,8-9,13,16,21-22H2,1-7H3. The van der Waals surface area contributed by atoms with E-state index in [0.717, 1.165) is 53.0 Å². The van der Waals surface area contributed by atoms with Gasteiger partial charge in [-0.3, -0.25) is 4.79 Å². The lowest BCUT2D eigenvalue weighted by Gasteiger charge is -2.28. The van der Waals surface area contributed by atoms with Crippen LogP contribution in [-0.4, -0.2) is 17.6 Å². The maximum absolute atomic E-state index is 13.6.